The third kappa shape index (κ3) is 4.09. The number of halogens is 2. The van der Waals surface area contributed by atoms with E-state index >= 15 is 0 Å². The van der Waals surface area contributed by atoms with Gasteiger partial charge in [-0.05, 0) is 12.1 Å². The van der Waals surface area contributed by atoms with Crippen LogP contribution in [0.1, 0.15) is 5.56 Å². The minimum atomic E-state index is -0.217. The smallest absolute Gasteiger partial charge is 0.238 e. The van der Waals surface area contributed by atoms with E-state index in [2.05, 4.69) is 21.2 Å². The van der Waals surface area contributed by atoms with Crippen LogP contribution in [-0.2, 0) is 16.1 Å². The number of hydrogen-bond donors (Lipinski definition) is 2. The van der Waals surface area contributed by atoms with Gasteiger partial charge in [0.25, 0.3) is 0 Å². The van der Waals surface area contributed by atoms with Crippen molar-refractivity contribution in [3.8, 4) is 0 Å². The van der Waals surface area contributed by atoms with E-state index < -0.39 is 0 Å². The van der Waals surface area contributed by atoms with Crippen LogP contribution in [-0.4, -0.2) is 19.6 Å². The maximum absolute atomic E-state index is 11.2. The van der Waals surface area contributed by atoms with Gasteiger partial charge in [-0.2, -0.15) is 0 Å². The zero-order chi connectivity index (χ0) is 11.3. The van der Waals surface area contributed by atoms with E-state index in [1.165, 1.54) is 0 Å². The summed E-state index contributed by atoms with van der Waals surface area (Å²) >= 11 is 3.40. The molecule has 4 nitrogen and oxygen atoms in total. The molecule has 0 bridgehead atoms. The summed E-state index contributed by atoms with van der Waals surface area (Å²) in [6, 6.07) is 5.55. The minimum absolute atomic E-state index is 0. The lowest BCUT2D eigenvalue weighted by molar-refractivity contribution is -0.114. The lowest BCUT2D eigenvalue weighted by Crippen LogP contribution is -2.22. The molecule has 0 aliphatic heterocycles. The van der Waals surface area contributed by atoms with Crippen LogP contribution in [0.15, 0.2) is 22.7 Å². The van der Waals surface area contributed by atoms with Crippen molar-refractivity contribution in [2.24, 2.45) is 5.73 Å². The van der Waals surface area contributed by atoms with Crippen LogP contribution in [0.3, 0.4) is 0 Å². The summed E-state index contributed by atoms with van der Waals surface area (Å²) in [4.78, 5) is 11.2. The number of nitrogens with two attached hydrogens (primary N) is 1. The molecule has 0 saturated carbocycles. The number of hydrogen-bond acceptors (Lipinski definition) is 3. The number of methoxy groups -OCH3 is 1. The Morgan fingerprint density at radius 1 is 1.56 bits per heavy atom. The average molecular weight is 310 g/mol. The van der Waals surface area contributed by atoms with E-state index in [1.807, 2.05) is 18.2 Å². The number of amides is 1. The summed E-state index contributed by atoms with van der Waals surface area (Å²) in [5.74, 6) is -0.217. The van der Waals surface area contributed by atoms with E-state index in [0.717, 1.165) is 15.7 Å². The van der Waals surface area contributed by atoms with Crippen LogP contribution in [0.4, 0.5) is 5.69 Å². The van der Waals surface area contributed by atoms with Crippen molar-refractivity contribution in [1.82, 2.24) is 0 Å². The molecule has 3 N–H and O–H groups in total. The molecule has 0 aliphatic carbocycles. The molecule has 0 aromatic heterocycles. The van der Waals surface area contributed by atoms with Gasteiger partial charge < -0.3 is 15.8 Å². The number of carbonyl (C=O) groups is 1. The number of rotatable bonds is 4. The van der Waals surface area contributed by atoms with Crippen LogP contribution in [0.2, 0.25) is 0 Å². The highest BCUT2D eigenvalue weighted by Gasteiger charge is 2.08. The summed E-state index contributed by atoms with van der Waals surface area (Å²) in [5, 5.41) is 2.71. The van der Waals surface area contributed by atoms with Gasteiger partial charge in [0.15, 0.2) is 0 Å². The molecule has 6 heteroatoms. The van der Waals surface area contributed by atoms with Gasteiger partial charge in [0.05, 0.1) is 13.2 Å². The van der Waals surface area contributed by atoms with E-state index in [1.54, 1.807) is 7.11 Å². The second-order valence-corrected chi connectivity index (χ2v) is 3.81. The first kappa shape index (κ1) is 15.4. The Morgan fingerprint density at radius 3 is 2.81 bits per heavy atom. The van der Waals surface area contributed by atoms with Gasteiger partial charge in [0.1, 0.15) is 0 Å². The van der Waals surface area contributed by atoms with Crippen molar-refractivity contribution in [1.29, 1.82) is 0 Å². The zero-order valence-electron chi connectivity index (χ0n) is 8.83. The molecule has 0 radical (unpaired) electrons. The van der Waals surface area contributed by atoms with Crippen LogP contribution < -0.4 is 11.1 Å². The van der Waals surface area contributed by atoms with Gasteiger partial charge in [-0.15, -0.1) is 12.4 Å². The molecule has 1 aromatic rings. The van der Waals surface area contributed by atoms with E-state index in [4.69, 9.17) is 10.5 Å². The zero-order valence-corrected chi connectivity index (χ0v) is 11.2. The summed E-state index contributed by atoms with van der Waals surface area (Å²) in [5.41, 5.74) is 6.86. The van der Waals surface area contributed by atoms with Crippen molar-refractivity contribution in [3.63, 3.8) is 0 Å². The third-order valence-corrected chi connectivity index (χ3v) is 2.61. The van der Waals surface area contributed by atoms with Crippen LogP contribution in [0.5, 0.6) is 0 Å². The van der Waals surface area contributed by atoms with Gasteiger partial charge in [0.2, 0.25) is 5.91 Å². The molecular weight excluding hydrogens is 295 g/mol. The van der Waals surface area contributed by atoms with Crippen molar-refractivity contribution < 1.29 is 9.53 Å². The average Bonchev–Trinajstić information content (AvgIpc) is 2.23. The Hall–Kier alpha value is -0.620. The molecule has 16 heavy (non-hydrogen) atoms. The largest absolute Gasteiger partial charge is 0.380 e. The predicted molar refractivity (Wildman–Crippen MR) is 69.8 cm³/mol. The number of carbonyl (C=O) groups excluding carboxylic acids is 1. The molecular formula is C10H14BrClN2O2. The molecule has 0 saturated heterocycles. The predicted octanol–water partition coefficient (Wildman–Crippen LogP) is 1.91. The molecule has 0 aliphatic rings. The van der Waals surface area contributed by atoms with Crippen molar-refractivity contribution >= 4 is 39.9 Å². The highest BCUT2D eigenvalue weighted by Crippen LogP contribution is 2.25. The van der Waals surface area contributed by atoms with E-state index in [-0.39, 0.29) is 24.9 Å². The minimum Gasteiger partial charge on any atom is -0.380 e. The summed E-state index contributed by atoms with van der Waals surface area (Å²) < 4.78 is 5.95. The molecule has 90 valence electrons. The highest BCUT2D eigenvalue weighted by molar-refractivity contribution is 9.10. The number of benzene rings is 1. The first-order valence-electron chi connectivity index (χ1n) is 4.45. The Labute approximate surface area is 109 Å². The van der Waals surface area contributed by atoms with Crippen molar-refractivity contribution in [3.05, 3.63) is 28.2 Å². The van der Waals surface area contributed by atoms with Crippen molar-refractivity contribution in [2.75, 3.05) is 19.0 Å². The molecule has 1 rings (SSSR count). The van der Waals surface area contributed by atoms with Gasteiger partial charge in [-0.3, -0.25) is 4.79 Å². The van der Waals surface area contributed by atoms with Gasteiger partial charge >= 0.3 is 0 Å². The number of anilines is 1. The molecule has 1 aromatic carbocycles. The summed E-state index contributed by atoms with van der Waals surface area (Å²) in [6.07, 6.45) is 0. The van der Waals surface area contributed by atoms with E-state index in [9.17, 15) is 4.79 Å². The van der Waals surface area contributed by atoms with Crippen molar-refractivity contribution in [2.45, 2.75) is 6.61 Å². The topological polar surface area (TPSA) is 64.3 Å². The second-order valence-electron chi connectivity index (χ2n) is 2.95. The Kier molecular flexibility index (Phi) is 7.33. The fraction of sp³-hybridized carbons (Fsp3) is 0.300. The molecule has 0 spiro atoms. The lowest BCUT2D eigenvalue weighted by Gasteiger charge is -2.11. The van der Waals surface area contributed by atoms with Crippen LogP contribution in [0, 0.1) is 0 Å². The lowest BCUT2D eigenvalue weighted by atomic mass is 10.2. The fourth-order valence-electron chi connectivity index (χ4n) is 1.17. The third-order valence-electron chi connectivity index (χ3n) is 1.87. The highest BCUT2D eigenvalue weighted by atomic mass is 79.9. The van der Waals surface area contributed by atoms with E-state index in [0.29, 0.717) is 6.61 Å². The Morgan fingerprint density at radius 2 is 2.25 bits per heavy atom. The quantitative estimate of drug-likeness (QED) is 0.893. The fourth-order valence-corrected chi connectivity index (χ4v) is 1.65. The Balaban J connectivity index is 0.00000225. The van der Waals surface area contributed by atoms with Gasteiger partial charge in [0, 0.05) is 22.8 Å². The summed E-state index contributed by atoms with van der Waals surface area (Å²) in [6.45, 7) is 0.403. The number of ether oxygens (including phenoxy) is 1. The Bertz CT molecular complexity index is 361. The monoisotopic (exact) mass is 308 g/mol. The maximum Gasteiger partial charge on any atom is 0.238 e. The van der Waals surface area contributed by atoms with Gasteiger partial charge in [-0.1, -0.05) is 22.0 Å². The normalized spacial score (nSPS) is 9.44. The molecule has 1 amide bonds. The molecule has 0 heterocycles. The first-order valence-corrected chi connectivity index (χ1v) is 5.24. The SMILES string of the molecule is COCc1c(Br)cccc1NC(=O)CN.Cl. The summed E-state index contributed by atoms with van der Waals surface area (Å²) in [7, 11) is 1.61. The molecule has 0 unspecified atom stereocenters. The second kappa shape index (κ2) is 7.62. The standard InChI is InChI=1S/C10H13BrN2O2.ClH/c1-15-6-7-8(11)3-2-4-9(7)13-10(14)5-12;/h2-4H,5-6,12H2,1H3,(H,13,14);1H. The molecule has 0 atom stereocenters. The van der Waals surface area contributed by atoms with Crippen LogP contribution >= 0.6 is 28.3 Å². The maximum atomic E-state index is 11.2. The first-order chi connectivity index (χ1) is 7.19. The van der Waals surface area contributed by atoms with Crippen LogP contribution in [0.25, 0.3) is 0 Å². The van der Waals surface area contributed by atoms with Gasteiger partial charge in [-0.25, -0.2) is 0 Å². The number of nitrogens with one attached hydrogen (secondary N) is 1. The molecule has 0 fully saturated rings.